The number of thiazole rings is 1. The predicted molar refractivity (Wildman–Crippen MR) is 51.4 cm³/mol. The van der Waals surface area contributed by atoms with Gasteiger partial charge in [0, 0.05) is 5.38 Å². The highest BCUT2D eigenvalue weighted by Gasteiger charge is 2.15. The van der Waals surface area contributed by atoms with Gasteiger partial charge in [-0.2, -0.15) is 5.10 Å². The summed E-state index contributed by atoms with van der Waals surface area (Å²) in [5.41, 5.74) is 1.24. The Kier molecular flexibility index (Phi) is 2.05. The lowest BCUT2D eigenvalue weighted by Gasteiger charge is -1.92. The van der Waals surface area contributed by atoms with Crippen molar-refractivity contribution in [1.82, 2.24) is 15.2 Å². The van der Waals surface area contributed by atoms with Crippen molar-refractivity contribution in [2.75, 3.05) is 0 Å². The molecule has 2 heterocycles. The second kappa shape index (κ2) is 3.22. The second-order valence-corrected chi connectivity index (χ2v) is 3.78. The fourth-order valence-corrected chi connectivity index (χ4v) is 1.73. The third-order valence-electron chi connectivity index (χ3n) is 1.74. The maximum atomic E-state index is 10.8. The number of carboxylic acid groups (broad SMARTS) is 1. The molecule has 6 heteroatoms. The summed E-state index contributed by atoms with van der Waals surface area (Å²) in [6, 6.07) is 0. The van der Waals surface area contributed by atoms with Crippen LogP contribution in [0.15, 0.2) is 11.6 Å². The Morgan fingerprint density at radius 2 is 2.43 bits per heavy atom. The number of hydrogen-bond donors (Lipinski definition) is 2. The highest BCUT2D eigenvalue weighted by molar-refractivity contribution is 7.09. The van der Waals surface area contributed by atoms with Gasteiger partial charge in [-0.15, -0.1) is 11.3 Å². The van der Waals surface area contributed by atoms with Crippen LogP contribution in [-0.2, 0) is 0 Å². The fraction of sp³-hybridized carbons (Fsp3) is 0.125. The minimum Gasteiger partial charge on any atom is -0.478 e. The number of rotatable bonds is 2. The Hall–Kier alpha value is -1.69. The average molecular weight is 209 g/mol. The van der Waals surface area contributed by atoms with Gasteiger partial charge in [0.1, 0.15) is 11.3 Å². The number of nitrogens with one attached hydrogen (secondary N) is 1. The monoisotopic (exact) mass is 209 g/mol. The van der Waals surface area contributed by atoms with Crippen LogP contribution in [0, 0.1) is 6.92 Å². The van der Waals surface area contributed by atoms with Gasteiger partial charge in [0.25, 0.3) is 0 Å². The SMILES string of the molecule is Cc1nc(-c2[nH]ncc2C(=O)O)cs1. The van der Waals surface area contributed by atoms with Crippen LogP contribution in [-0.4, -0.2) is 26.3 Å². The maximum Gasteiger partial charge on any atom is 0.339 e. The summed E-state index contributed by atoms with van der Waals surface area (Å²) in [6.07, 6.45) is 1.28. The van der Waals surface area contributed by atoms with E-state index in [1.165, 1.54) is 17.5 Å². The summed E-state index contributed by atoms with van der Waals surface area (Å²) >= 11 is 1.47. The summed E-state index contributed by atoms with van der Waals surface area (Å²) in [6.45, 7) is 1.87. The minimum atomic E-state index is -1.00. The number of H-pyrrole nitrogens is 1. The van der Waals surface area contributed by atoms with E-state index in [1.807, 2.05) is 6.92 Å². The van der Waals surface area contributed by atoms with Crippen LogP contribution < -0.4 is 0 Å². The first kappa shape index (κ1) is 8.89. The van der Waals surface area contributed by atoms with Crippen molar-refractivity contribution in [3.63, 3.8) is 0 Å². The molecular formula is C8H7N3O2S. The quantitative estimate of drug-likeness (QED) is 0.786. The van der Waals surface area contributed by atoms with Gasteiger partial charge in [-0.1, -0.05) is 0 Å². The molecule has 5 nitrogen and oxygen atoms in total. The second-order valence-electron chi connectivity index (χ2n) is 2.72. The van der Waals surface area contributed by atoms with E-state index in [9.17, 15) is 4.79 Å². The van der Waals surface area contributed by atoms with Crippen LogP contribution in [0.3, 0.4) is 0 Å². The number of carbonyl (C=O) groups is 1. The summed E-state index contributed by atoms with van der Waals surface area (Å²) in [5.74, 6) is -1.00. The Labute approximate surface area is 83.4 Å². The highest BCUT2D eigenvalue weighted by atomic mass is 32.1. The zero-order valence-electron chi connectivity index (χ0n) is 7.31. The van der Waals surface area contributed by atoms with E-state index in [1.54, 1.807) is 5.38 Å². The van der Waals surface area contributed by atoms with Gasteiger partial charge in [0.2, 0.25) is 0 Å². The van der Waals surface area contributed by atoms with Gasteiger partial charge in [0.05, 0.1) is 16.9 Å². The van der Waals surface area contributed by atoms with Crippen molar-refractivity contribution in [2.24, 2.45) is 0 Å². The average Bonchev–Trinajstić information content (AvgIpc) is 2.70. The zero-order valence-corrected chi connectivity index (χ0v) is 8.13. The summed E-state index contributed by atoms with van der Waals surface area (Å²) in [5, 5.41) is 17.9. The normalized spacial score (nSPS) is 10.4. The Bertz CT molecular complexity index is 474. The molecule has 0 unspecified atom stereocenters. The lowest BCUT2D eigenvalue weighted by molar-refractivity contribution is 0.0698. The number of aromatic nitrogens is 3. The molecule has 0 aromatic carbocycles. The van der Waals surface area contributed by atoms with E-state index in [0.29, 0.717) is 11.4 Å². The minimum absolute atomic E-state index is 0.148. The fourth-order valence-electron chi connectivity index (χ4n) is 1.12. The summed E-state index contributed by atoms with van der Waals surface area (Å²) in [7, 11) is 0. The van der Waals surface area contributed by atoms with Crippen molar-refractivity contribution < 1.29 is 9.90 Å². The molecular weight excluding hydrogens is 202 g/mol. The Morgan fingerprint density at radius 3 is 3.00 bits per heavy atom. The molecule has 0 radical (unpaired) electrons. The van der Waals surface area contributed by atoms with E-state index in [2.05, 4.69) is 15.2 Å². The number of aryl methyl sites for hydroxylation is 1. The third kappa shape index (κ3) is 1.39. The maximum absolute atomic E-state index is 10.8. The van der Waals surface area contributed by atoms with Gasteiger partial charge in [-0.3, -0.25) is 5.10 Å². The number of carboxylic acids is 1. The number of nitrogens with zero attached hydrogens (tertiary/aromatic N) is 2. The van der Waals surface area contributed by atoms with E-state index in [0.717, 1.165) is 5.01 Å². The Balaban J connectivity index is 2.51. The lowest BCUT2D eigenvalue weighted by Crippen LogP contribution is -1.96. The van der Waals surface area contributed by atoms with Crippen LogP contribution in [0.4, 0.5) is 0 Å². The molecule has 2 aromatic heterocycles. The van der Waals surface area contributed by atoms with Crippen molar-refractivity contribution in [2.45, 2.75) is 6.92 Å². The van der Waals surface area contributed by atoms with Gasteiger partial charge < -0.3 is 5.11 Å². The molecule has 0 aliphatic heterocycles. The van der Waals surface area contributed by atoms with E-state index < -0.39 is 5.97 Å². The first-order valence-electron chi connectivity index (χ1n) is 3.87. The molecule has 0 spiro atoms. The molecule has 2 rings (SSSR count). The summed E-state index contributed by atoms with van der Waals surface area (Å²) < 4.78 is 0. The smallest absolute Gasteiger partial charge is 0.339 e. The van der Waals surface area contributed by atoms with E-state index in [4.69, 9.17) is 5.11 Å². The largest absolute Gasteiger partial charge is 0.478 e. The number of hydrogen-bond acceptors (Lipinski definition) is 4. The molecule has 0 aliphatic rings. The van der Waals surface area contributed by atoms with Crippen LogP contribution in [0.1, 0.15) is 15.4 Å². The van der Waals surface area contributed by atoms with Crippen LogP contribution in [0.2, 0.25) is 0 Å². The molecule has 0 saturated carbocycles. The van der Waals surface area contributed by atoms with Crippen molar-refractivity contribution >= 4 is 17.3 Å². The van der Waals surface area contributed by atoms with Crippen molar-refractivity contribution in [1.29, 1.82) is 0 Å². The molecule has 0 amide bonds. The molecule has 0 bridgehead atoms. The standard InChI is InChI=1S/C8H7N3O2S/c1-4-10-6(3-14-4)7-5(8(12)13)2-9-11-7/h2-3H,1H3,(H,9,11)(H,12,13). The molecule has 2 N–H and O–H groups in total. The van der Waals surface area contributed by atoms with Gasteiger partial charge in [-0.25, -0.2) is 9.78 Å². The molecule has 0 saturated heterocycles. The van der Waals surface area contributed by atoms with E-state index >= 15 is 0 Å². The van der Waals surface area contributed by atoms with Crippen molar-refractivity contribution in [3.05, 3.63) is 22.1 Å². The molecule has 0 atom stereocenters. The van der Waals surface area contributed by atoms with E-state index in [-0.39, 0.29) is 5.56 Å². The number of aromatic carboxylic acids is 1. The van der Waals surface area contributed by atoms with Crippen LogP contribution >= 0.6 is 11.3 Å². The van der Waals surface area contributed by atoms with Crippen molar-refractivity contribution in [3.8, 4) is 11.4 Å². The predicted octanol–water partition coefficient (Wildman–Crippen LogP) is 1.54. The highest BCUT2D eigenvalue weighted by Crippen LogP contribution is 2.22. The van der Waals surface area contributed by atoms with Crippen LogP contribution in [0.5, 0.6) is 0 Å². The molecule has 0 aliphatic carbocycles. The van der Waals surface area contributed by atoms with Gasteiger partial charge >= 0.3 is 5.97 Å². The van der Waals surface area contributed by atoms with Gasteiger partial charge in [0.15, 0.2) is 0 Å². The summed E-state index contributed by atoms with van der Waals surface area (Å²) in [4.78, 5) is 15.0. The molecule has 2 aromatic rings. The topological polar surface area (TPSA) is 78.9 Å². The van der Waals surface area contributed by atoms with Gasteiger partial charge in [-0.05, 0) is 6.92 Å². The lowest BCUT2D eigenvalue weighted by atomic mass is 10.2. The molecule has 72 valence electrons. The Morgan fingerprint density at radius 1 is 1.64 bits per heavy atom. The molecule has 14 heavy (non-hydrogen) atoms. The third-order valence-corrected chi connectivity index (χ3v) is 2.52. The molecule has 0 fully saturated rings. The number of aromatic amines is 1. The first-order chi connectivity index (χ1) is 6.68. The first-order valence-corrected chi connectivity index (χ1v) is 4.75. The zero-order chi connectivity index (χ0) is 10.1. The van der Waals surface area contributed by atoms with Crippen LogP contribution in [0.25, 0.3) is 11.4 Å².